The third kappa shape index (κ3) is 1.47. The van der Waals surface area contributed by atoms with Crippen LogP contribution in [0.3, 0.4) is 0 Å². The average Bonchev–Trinajstić information content (AvgIpc) is 2.44. The normalized spacial score (nSPS) is 10.7. The quantitative estimate of drug-likeness (QED) is 0.568. The van der Waals surface area contributed by atoms with Crippen molar-refractivity contribution in [2.75, 3.05) is 0 Å². The van der Waals surface area contributed by atoms with Gasteiger partial charge in [-0.3, -0.25) is 4.79 Å². The Morgan fingerprint density at radius 1 is 1.21 bits per heavy atom. The van der Waals surface area contributed by atoms with Crippen LogP contribution in [0.4, 0.5) is 0 Å². The molecule has 0 N–H and O–H groups in total. The number of nitriles is 1. The lowest BCUT2D eigenvalue weighted by molar-refractivity contribution is 0.560. The second-order valence-corrected chi connectivity index (χ2v) is 4.18. The highest BCUT2D eigenvalue weighted by molar-refractivity contribution is 6.01. The zero-order chi connectivity index (χ0) is 13.6. The minimum Gasteiger partial charge on any atom is -0.421 e. The maximum atomic E-state index is 12.2. The number of hydrogen-bond acceptors (Lipinski definition) is 4. The summed E-state index contributed by atoms with van der Waals surface area (Å²) in [5.74, 6) is 0. The van der Waals surface area contributed by atoms with E-state index < -0.39 is 5.63 Å². The molecule has 2 aromatic heterocycles. The molecule has 0 saturated heterocycles. The largest absolute Gasteiger partial charge is 0.421 e. The monoisotopic (exact) mass is 252 g/mol. The van der Waals surface area contributed by atoms with Gasteiger partial charge in [0.25, 0.3) is 5.56 Å². The number of hydrogen-bond donors (Lipinski definition) is 0. The fourth-order valence-corrected chi connectivity index (χ4v) is 2.16. The molecule has 0 aliphatic carbocycles. The Hall–Kier alpha value is -2.87. The summed E-state index contributed by atoms with van der Waals surface area (Å²) in [4.78, 5) is 23.8. The molecular formula is C14H8N2O3. The van der Waals surface area contributed by atoms with E-state index >= 15 is 0 Å². The smallest absolute Gasteiger partial charge is 0.354 e. The molecule has 19 heavy (non-hydrogen) atoms. The van der Waals surface area contributed by atoms with Crippen LogP contribution in [0.15, 0.2) is 44.3 Å². The van der Waals surface area contributed by atoms with Gasteiger partial charge in [-0.1, -0.05) is 12.1 Å². The first-order chi connectivity index (χ1) is 9.13. The third-order valence-electron chi connectivity index (χ3n) is 3.11. The molecule has 92 valence electrons. The lowest BCUT2D eigenvalue weighted by atomic mass is 10.1. The van der Waals surface area contributed by atoms with Crippen molar-refractivity contribution >= 4 is 21.9 Å². The van der Waals surface area contributed by atoms with Crippen molar-refractivity contribution in [3.63, 3.8) is 0 Å². The molecule has 0 radical (unpaired) electrons. The molecular weight excluding hydrogens is 244 g/mol. The van der Waals surface area contributed by atoms with Crippen LogP contribution in [-0.2, 0) is 7.05 Å². The molecule has 0 amide bonds. The molecule has 0 spiro atoms. The zero-order valence-electron chi connectivity index (χ0n) is 10.0. The van der Waals surface area contributed by atoms with Crippen LogP contribution in [0.5, 0.6) is 0 Å². The van der Waals surface area contributed by atoms with Crippen LogP contribution < -0.4 is 11.2 Å². The number of para-hydroxylation sites is 1. The van der Waals surface area contributed by atoms with Gasteiger partial charge in [-0.05, 0) is 18.2 Å². The summed E-state index contributed by atoms with van der Waals surface area (Å²) >= 11 is 0. The first kappa shape index (κ1) is 11.2. The van der Waals surface area contributed by atoms with Crippen LogP contribution in [0, 0.1) is 11.3 Å². The first-order valence-corrected chi connectivity index (χ1v) is 5.59. The van der Waals surface area contributed by atoms with E-state index in [1.165, 1.54) is 10.6 Å². The summed E-state index contributed by atoms with van der Waals surface area (Å²) < 4.78 is 6.61. The van der Waals surface area contributed by atoms with E-state index in [2.05, 4.69) is 0 Å². The summed E-state index contributed by atoms with van der Waals surface area (Å²) in [5, 5.41) is 9.73. The molecule has 0 fully saturated rings. The molecule has 0 atom stereocenters. The van der Waals surface area contributed by atoms with E-state index in [-0.39, 0.29) is 22.1 Å². The number of pyridine rings is 1. The summed E-state index contributed by atoms with van der Waals surface area (Å²) in [6, 6.07) is 10.2. The maximum Gasteiger partial charge on any atom is 0.354 e. The van der Waals surface area contributed by atoms with Gasteiger partial charge in [0.2, 0.25) is 0 Å². The Morgan fingerprint density at radius 3 is 2.68 bits per heavy atom. The van der Waals surface area contributed by atoms with Crippen LogP contribution in [0.25, 0.3) is 21.9 Å². The van der Waals surface area contributed by atoms with Gasteiger partial charge < -0.3 is 8.98 Å². The van der Waals surface area contributed by atoms with Gasteiger partial charge in [-0.15, -0.1) is 0 Å². The van der Waals surface area contributed by atoms with E-state index in [9.17, 15) is 9.59 Å². The van der Waals surface area contributed by atoms with Crippen molar-refractivity contribution in [1.29, 1.82) is 5.26 Å². The first-order valence-electron chi connectivity index (χ1n) is 5.59. The van der Waals surface area contributed by atoms with Gasteiger partial charge in [-0.2, -0.15) is 5.26 Å². The molecule has 0 aliphatic rings. The highest BCUT2D eigenvalue weighted by atomic mass is 16.4. The molecule has 5 nitrogen and oxygen atoms in total. The van der Waals surface area contributed by atoms with Crippen LogP contribution in [-0.4, -0.2) is 4.57 Å². The van der Waals surface area contributed by atoms with Crippen molar-refractivity contribution in [3.8, 4) is 6.07 Å². The lowest BCUT2D eigenvalue weighted by Gasteiger charge is -2.07. The molecule has 0 aliphatic heterocycles. The van der Waals surface area contributed by atoms with Crippen molar-refractivity contribution < 1.29 is 4.42 Å². The highest BCUT2D eigenvalue weighted by Crippen LogP contribution is 2.21. The van der Waals surface area contributed by atoms with E-state index in [4.69, 9.17) is 9.68 Å². The van der Waals surface area contributed by atoms with Gasteiger partial charge in [0.1, 0.15) is 11.6 Å². The van der Waals surface area contributed by atoms with E-state index in [0.29, 0.717) is 10.9 Å². The van der Waals surface area contributed by atoms with Crippen LogP contribution >= 0.6 is 0 Å². The lowest BCUT2D eigenvalue weighted by Crippen LogP contribution is -2.19. The van der Waals surface area contributed by atoms with Gasteiger partial charge in [0, 0.05) is 12.4 Å². The third-order valence-corrected chi connectivity index (χ3v) is 3.11. The molecule has 0 bridgehead atoms. The molecule has 3 aromatic rings. The number of rotatable bonds is 0. The second-order valence-electron chi connectivity index (χ2n) is 4.18. The Labute approximate surface area is 106 Å². The number of aromatic nitrogens is 1. The predicted octanol–water partition coefficient (Wildman–Crippen LogP) is 1.52. The second kappa shape index (κ2) is 3.82. The van der Waals surface area contributed by atoms with Crippen molar-refractivity contribution in [2.24, 2.45) is 7.05 Å². The summed E-state index contributed by atoms with van der Waals surface area (Å²) in [6.45, 7) is 0. The van der Waals surface area contributed by atoms with E-state index in [0.717, 1.165) is 0 Å². The SMILES string of the molecule is Cn1c(=O)c2cc(C#N)c(=O)oc2c2ccccc21. The topological polar surface area (TPSA) is 76.0 Å². The van der Waals surface area contributed by atoms with Crippen LogP contribution in [0.2, 0.25) is 0 Å². The van der Waals surface area contributed by atoms with Gasteiger partial charge in [-0.25, -0.2) is 4.79 Å². The summed E-state index contributed by atoms with van der Waals surface area (Å²) in [6.07, 6.45) is 0. The number of nitrogens with zero attached hydrogens (tertiary/aromatic N) is 2. The van der Waals surface area contributed by atoms with Crippen molar-refractivity contribution in [1.82, 2.24) is 4.57 Å². The molecule has 1 aromatic carbocycles. The Bertz CT molecular complexity index is 974. The highest BCUT2D eigenvalue weighted by Gasteiger charge is 2.13. The van der Waals surface area contributed by atoms with E-state index in [1.54, 1.807) is 37.4 Å². The average molecular weight is 252 g/mol. The summed E-state index contributed by atoms with van der Waals surface area (Å²) in [5.41, 5.74) is -0.294. The molecule has 5 heteroatoms. The standard InChI is InChI=1S/C14H8N2O3/c1-16-11-5-3-2-4-9(11)12-10(13(16)17)6-8(7-15)14(18)19-12/h2-6H,1H3. The summed E-state index contributed by atoms with van der Waals surface area (Å²) in [7, 11) is 1.64. The zero-order valence-corrected chi connectivity index (χ0v) is 10.0. The van der Waals surface area contributed by atoms with Gasteiger partial charge >= 0.3 is 5.63 Å². The number of fused-ring (bicyclic) bond motifs is 3. The molecule has 2 heterocycles. The van der Waals surface area contributed by atoms with E-state index in [1.807, 2.05) is 0 Å². The predicted molar refractivity (Wildman–Crippen MR) is 69.9 cm³/mol. The minimum absolute atomic E-state index is 0.167. The van der Waals surface area contributed by atoms with Crippen molar-refractivity contribution in [3.05, 3.63) is 56.7 Å². The molecule has 0 unspecified atom stereocenters. The Balaban J connectivity index is 2.71. The Kier molecular flexibility index (Phi) is 2.26. The van der Waals surface area contributed by atoms with Gasteiger partial charge in [0.05, 0.1) is 10.9 Å². The molecule has 0 saturated carbocycles. The number of benzene rings is 1. The fraction of sp³-hybridized carbons (Fsp3) is 0.0714. The van der Waals surface area contributed by atoms with Crippen LogP contribution in [0.1, 0.15) is 5.56 Å². The maximum absolute atomic E-state index is 12.2. The minimum atomic E-state index is -0.728. The van der Waals surface area contributed by atoms with Gasteiger partial charge in [0.15, 0.2) is 5.58 Å². The molecule has 3 rings (SSSR count). The Morgan fingerprint density at radius 2 is 1.95 bits per heavy atom. The van der Waals surface area contributed by atoms with Crippen molar-refractivity contribution in [2.45, 2.75) is 0 Å². The fourth-order valence-electron chi connectivity index (χ4n) is 2.16. The number of aryl methyl sites for hydroxylation is 1.